The molecule has 2 aromatic rings. The molecule has 0 saturated carbocycles. The first kappa shape index (κ1) is 19.5. The summed E-state index contributed by atoms with van der Waals surface area (Å²) < 4.78 is 0.688. The van der Waals surface area contributed by atoms with Crippen molar-refractivity contribution in [3.05, 3.63) is 68.9 Å². The van der Waals surface area contributed by atoms with Gasteiger partial charge in [0.2, 0.25) is 5.91 Å². The summed E-state index contributed by atoms with van der Waals surface area (Å²) in [4.78, 5) is 27.2. The van der Waals surface area contributed by atoms with Gasteiger partial charge in [0.25, 0.3) is 5.91 Å². The van der Waals surface area contributed by atoms with Crippen LogP contribution in [0.25, 0.3) is 0 Å². The molecule has 132 valence electrons. The van der Waals surface area contributed by atoms with Crippen molar-refractivity contribution in [1.82, 2.24) is 10.2 Å². The summed E-state index contributed by atoms with van der Waals surface area (Å²) in [5, 5.41) is 3.10. The number of halogens is 2. The van der Waals surface area contributed by atoms with E-state index in [1.54, 1.807) is 35.2 Å². The van der Waals surface area contributed by atoms with Gasteiger partial charge in [-0.1, -0.05) is 41.4 Å². The van der Waals surface area contributed by atoms with Crippen molar-refractivity contribution in [2.75, 3.05) is 13.1 Å². The quantitative estimate of drug-likeness (QED) is 0.672. The van der Waals surface area contributed by atoms with E-state index in [1.165, 1.54) is 11.3 Å². The van der Waals surface area contributed by atoms with Crippen LogP contribution in [0.4, 0.5) is 0 Å². The molecule has 7 heteroatoms. The van der Waals surface area contributed by atoms with Gasteiger partial charge in [0.15, 0.2) is 0 Å². The Labute approximate surface area is 161 Å². The molecule has 0 bridgehead atoms. The molecule has 0 unspecified atom stereocenters. The van der Waals surface area contributed by atoms with Crippen LogP contribution < -0.4 is 5.32 Å². The second kappa shape index (κ2) is 9.61. The fourth-order valence-corrected chi connectivity index (χ4v) is 3.54. The summed E-state index contributed by atoms with van der Waals surface area (Å²) in [6, 6.07) is 10.5. The van der Waals surface area contributed by atoms with Gasteiger partial charge in [0.05, 0.1) is 21.5 Å². The molecular formula is C18H18Cl2N2O2S. The molecule has 2 amide bonds. The zero-order chi connectivity index (χ0) is 18.2. The Balaban J connectivity index is 1.87. The number of rotatable bonds is 8. The third-order valence-electron chi connectivity index (χ3n) is 3.42. The normalized spacial score (nSPS) is 10.3. The van der Waals surface area contributed by atoms with Crippen LogP contribution in [0.15, 0.2) is 49.1 Å². The van der Waals surface area contributed by atoms with E-state index in [0.29, 0.717) is 28.0 Å². The molecular weight excluding hydrogens is 379 g/mol. The molecule has 1 N–H and O–H groups in total. The highest BCUT2D eigenvalue weighted by molar-refractivity contribution is 7.16. The highest BCUT2D eigenvalue weighted by Gasteiger charge is 2.15. The molecule has 0 radical (unpaired) electrons. The molecule has 0 atom stereocenters. The van der Waals surface area contributed by atoms with E-state index in [4.69, 9.17) is 23.2 Å². The second-order valence-corrected chi connectivity index (χ2v) is 7.46. The van der Waals surface area contributed by atoms with Crippen LogP contribution in [0.5, 0.6) is 0 Å². The van der Waals surface area contributed by atoms with Gasteiger partial charge in [0, 0.05) is 24.4 Å². The summed E-state index contributed by atoms with van der Waals surface area (Å²) in [5.41, 5.74) is 0.396. The highest BCUT2D eigenvalue weighted by atomic mass is 35.5. The minimum absolute atomic E-state index is 0.0659. The fourth-order valence-electron chi connectivity index (χ4n) is 2.22. The minimum Gasteiger partial charge on any atom is -0.351 e. The predicted octanol–water partition coefficient (Wildman–Crippen LogP) is 4.39. The Bertz CT molecular complexity index is 761. The Morgan fingerprint density at radius 3 is 2.60 bits per heavy atom. The minimum atomic E-state index is -0.293. The molecule has 4 nitrogen and oxygen atoms in total. The lowest BCUT2D eigenvalue weighted by molar-refractivity contribution is -0.131. The fraction of sp³-hybridized carbons (Fsp3) is 0.222. The van der Waals surface area contributed by atoms with Crippen molar-refractivity contribution in [2.24, 2.45) is 0 Å². The summed E-state index contributed by atoms with van der Waals surface area (Å²) in [6.07, 6.45) is 1.87. The lowest BCUT2D eigenvalue weighted by Gasteiger charge is -2.20. The monoisotopic (exact) mass is 396 g/mol. The number of benzene rings is 1. The maximum atomic E-state index is 12.4. The van der Waals surface area contributed by atoms with Gasteiger partial charge in [-0.2, -0.15) is 0 Å². The van der Waals surface area contributed by atoms with Gasteiger partial charge in [-0.05, 0) is 24.3 Å². The first-order valence-corrected chi connectivity index (χ1v) is 9.24. The Morgan fingerprint density at radius 2 is 1.96 bits per heavy atom. The number of hydrogen-bond acceptors (Lipinski definition) is 3. The maximum Gasteiger partial charge on any atom is 0.252 e. The molecule has 0 aliphatic carbocycles. The molecule has 1 aromatic heterocycles. The molecule has 25 heavy (non-hydrogen) atoms. The van der Waals surface area contributed by atoms with Crippen LogP contribution in [-0.2, 0) is 11.3 Å². The molecule has 0 fully saturated rings. The zero-order valence-electron chi connectivity index (χ0n) is 13.5. The molecule has 0 saturated heterocycles. The van der Waals surface area contributed by atoms with E-state index in [9.17, 15) is 9.59 Å². The number of thiophene rings is 1. The van der Waals surface area contributed by atoms with Gasteiger partial charge in [-0.25, -0.2) is 0 Å². The summed E-state index contributed by atoms with van der Waals surface area (Å²) in [6.45, 7) is 4.83. The van der Waals surface area contributed by atoms with Gasteiger partial charge in [0.1, 0.15) is 0 Å². The second-order valence-electron chi connectivity index (χ2n) is 5.25. The molecule has 1 aromatic carbocycles. The largest absolute Gasteiger partial charge is 0.351 e. The molecule has 0 aliphatic rings. The van der Waals surface area contributed by atoms with Gasteiger partial charge in [-0.15, -0.1) is 17.9 Å². The molecule has 0 aliphatic heterocycles. The number of carbonyl (C=O) groups excluding carboxylic acids is 2. The van der Waals surface area contributed by atoms with E-state index in [2.05, 4.69) is 11.9 Å². The average molecular weight is 397 g/mol. The van der Waals surface area contributed by atoms with Crippen LogP contribution in [0.1, 0.15) is 21.7 Å². The topological polar surface area (TPSA) is 49.4 Å². The smallest absolute Gasteiger partial charge is 0.252 e. The van der Waals surface area contributed by atoms with Crippen LogP contribution in [0.2, 0.25) is 9.36 Å². The standard InChI is InChI=1S/C18H18Cl2N2O2S/c1-2-11-22(12-13-7-8-16(20)25-13)17(23)9-10-21-18(24)14-5-3-4-6-15(14)19/h2-8H,1,9-12H2,(H,21,24). The first-order chi connectivity index (χ1) is 12.0. The number of amides is 2. The first-order valence-electron chi connectivity index (χ1n) is 7.67. The SMILES string of the molecule is C=CCN(Cc1ccc(Cl)s1)C(=O)CCNC(=O)c1ccccc1Cl. The molecule has 2 rings (SSSR count). The van der Waals surface area contributed by atoms with E-state index < -0.39 is 0 Å². The van der Waals surface area contributed by atoms with Gasteiger partial charge in [-0.3, -0.25) is 9.59 Å². The zero-order valence-corrected chi connectivity index (χ0v) is 15.8. The third kappa shape index (κ3) is 5.88. The van der Waals surface area contributed by atoms with Crippen molar-refractivity contribution in [3.8, 4) is 0 Å². The van der Waals surface area contributed by atoms with E-state index in [0.717, 1.165) is 4.88 Å². The summed E-state index contributed by atoms with van der Waals surface area (Å²) in [7, 11) is 0. The number of carbonyl (C=O) groups is 2. The highest BCUT2D eigenvalue weighted by Crippen LogP contribution is 2.23. The lowest BCUT2D eigenvalue weighted by Crippen LogP contribution is -2.34. The van der Waals surface area contributed by atoms with Crippen molar-refractivity contribution >= 4 is 46.4 Å². The van der Waals surface area contributed by atoms with Gasteiger partial charge < -0.3 is 10.2 Å². The van der Waals surface area contributed by atoms with Crippen molar-refractivity contribution < 1.29 is 9.59 Å². The summed E-state index contributed by atoms with van der Waals surface area (Å²) in [5.74, 6) is -0.359. The number of nitrogens with zero attached hydrogens (tertiary/aromatic N) is 1. The van der Waals surface area contributed by atoms with Gasteiger partial charge >= 0.3 is 0 Å². The predicted molar refractivity (Wildman–Crippen MR) is 103 cm³/mol. The maximum absolute atomic E-state index is 12.4. The number of hydrogen-bond donors (Lipinski definition) is 1. The van der Waals surface area contributed by atoms with Crippen LogP contribution in [0, 0.1) is 0 Å². The Morgan fingerprint density at radius 1 is 1.20 bits per heavy atom. The van der Waals surface area contributed by atoms with E-state index in [-0.39, 0.29) is 24.8 Å². The number of nitrogens with one attached hydrogen (secondary N) is 1. The van der Waals surface area contributed by atoms with E-state index in [1.807, 2.05) is 12.1 Å². The van der Waals surface area contributed by atoms with Crippen LogP contribution in [0.3, 0.4) is 0 Å². The van der Waals surface area contributed by atoms with E-state index >= 15 is 0 Å². The van der Waals surface area contributed by atoms with Crippen molar-refractivity contribution in [3.63, 3.8) is 0 Å². The summed E-state index contributed by atoms with van der Waals surface area (Å²) >= 11 is 13.4. The molecule has 1 heterocycles. The average Bonchev–Trinajstić information content (AvgIpc) is 2.99. The lowest BCUT2D eigenvalue weighted by atomic mass is 10.2. The Kier molecular flexibility index (Phi) is 7.50. The van der Waals surface area contributed by atoms with Crippen molar-refractivity contribution in [1.29, 1.82) is 0 Å². The van der Waals surface area contributed by atoms with Crippen LogP contribution >= 0.6 is 34.5 Å². The third-order valence-corrected chi connectivity index (χ3v) is 4.97. The Hall–Kier alpha value is -1.82. The van der Waals surface area contributed by atoms with Crippen molar-refractivity contribution in [2.45, 2.75) is 13.0 Å². The molecule has 0 spiro atoms. The van der Waals surface area contributed by atoms with Crippen LogP contribution in [-0.4, -0.2) is 29.8 Å².